The van der Waals surface area contributed by atoms with Crippen molar-refractivity contribution in [2.24, 2.45) is 0 Å². The summed E-state index contributed by atoms with van der Waals surface area (Å²) in [4.78, 5) is 15.8. The van der Waals surface area contributed by atoms with Crippen molar-refractivity contribution in [1.29, 1.82) is 0 Å². The van der Waals surface area contributed by atoms with Gasteiger partial charge >= 0.3 is 0 Å². The van der Waals surface area contributed by atoms with Crippen LogP contribution >= 0.6 is 0 Å². The van der Waals surface area contributed by atoms with Crippen LogP contribution in [0.4, 0.5) is 16.1 Å². The van der Waals surface area contributed by atoms with Gasteiger partial charge < -0.3 is 9.84 Å². The molecule has 0 aliphatic rings. The Morgan fingerprint density at radius 2 is 2.30 bits per heavy atom. The van der Waals surface area contributed by atoms with Crippen LogP contribution < -0.4 is 10.6 Å². The van der Waals surface area contributed by atoms with E-state index < -0.39 is 11.7 Å². The summed E-state index contributed by atoms with van der Waals surface area (Å²) in [5, 5.41) is 8.90. The van der Waals surface area contributed by atoms with Gasteiger partial charge in [-0.25, -0.2) is 9.37 Å². The van der Waals surface area contributed by atoms with Gasteiger partial charge in [0.1, 0.15) is 0 Å². The highest BCUT2D eigenvalue weighted by atomic mass is 19.1. The van der Waals surface area contributed by atoms with Crippen LogP contribution in [0.5, 0.6) is 0 Å². The van der Waals surface area contributed by atoms with Crippen LogP contribution in [0.25, 0.3) is 0 Å². The maximum Gasteiger partial charge on any atom is 0.261 e. The third kappa shape index (κ3) is 3.11. The van der Waals surface area contributed by atoms with E-state index in [9.17, 15) is 9.18 Å². The highest BCUT2D eigenvalue weighted by Gasteiger charge is 2.17. The van der Waals surface area contributed by atoms with Gasteiger partial charge in [0.05, 0.1) is 11.3 Å². The molecule has 0 fully saturated rings. The number of aryl methyl sites for hydroxylation is 1. The smallest absolute Gasteiger partial charge is 0.261 e. The van der Waals surface area contributed by atoms with E-state index in [0.717, 1.165) is 6.42 Å². The predicted molar refractivity (Wildman–Crippen MR) is 72.2 cm³/mol. The first-order chi connectivity index (χ1) is 9.61. The van der Waals surface area contributed by atoms with Crippen LogP contribution in [0.3, 0.4) is 0 Å². The molecule has 2 N–H and O–H groups in total. The SMILES string of the molecule is CCCNc1nccc(C(=O)Nc2cc(C)no2)c1F. The normalized spacial score (nSPS) is 10.3. The van der Waals surface area contributed by atoms with Gasteiger partial charge in [-0.15, -0.1) is 0 Å². The number of aromatic nitrogens is 2. The third-order valence-corrected chi connectivity index (χ3v) is 2.54. The molecule has 0 saturated carbocycles. The first-order valence-corrected chi connectivity index (χ1v) is 6.25. The van der Waals surface area contributed by atoms with Gasteiger partial charge in [0.25, 0.3) is 5.91 Å². The van der Waals surface area contributed by atoms with Crippen molar-refractivity contribution in [3.63, 3.8) is 0 Å². The van der Waals surface area contributed by atoms with Gasteiger partial charge in [0.2, 0.25) is 5.88 Å². The molecular weight excluding hydrogens is 263 g/mol. The van der Waals surface area contributed by atoms with Crippen LogP contribution in [0.1, 0.15) is 29.4 Å². The zero-order valence-corrected chi connectivity index (χ0v) is 11.2. The first-order valence-electron chi connectivity index (χ1n) is 6.25. The van der Waals surface area contributed by atoms with Crippen molar-refractivity contribution in [3.05, 3.63) is 35.4 Å². The van der Waals surface area contributed by atoms with E-state index in [-0.39, 0.29) is 17.3 Å². The molecule has 6 nitrogen and oxygen atoms in total. The van der Waals surface area contributed by atoms with E-state index in [2.05, 4.69) is 20.8 Å². The zero-order chi connectivity index (χ0) is 14.5. The minimum atomic E-state index is -0.685. The highest BCUT2D eigenvalue weighted by molar-refractivity contribution is 6.04. The Bertz CT molecular complexity index is 612. The summed E-state index contributed by atoms with van der Waals surface area (Å²) in [5.41, 5.74) is 0.522. The van der Waals surface area contributed by atoms with Gasteiger partial charge in [0.15, 0.2) is 11.6 Å². The Hall–Kier alpha value is -2.44. The molecule has 2 aromatic rings. The number of halogens is 1. The molecule has 0 aliphatic heterocycles. The fourth-order valence-corrected chi connectivity index (χ4v) is 1.59. The lowest BCUT2D eigenvalue weighted by molar-refractivity contribution is 0.102. The van der Waals surface area contributed by atoms with Gasteiger partial charge in [-0.05, 0) is 19.4 Å². The fraction of sp³-hybridized carbons (Fsp3) is 0.308. The number of hydrogen-bond acceptors (Lipinski definition) is 5. The van der Waals surface area contributed by atoms with Crippen molar-refractivity contribution in [2.45, 2.75) is 20.3 Å². The molecule has 0 saturated heterocycles. The van der Waals surface area contributed by atoms with Crippen molar-refractivity contribution in [3.8, 4) is 0 Å². The number of nitrogens with zero attached hydrogens (tertiary/aromatic N) is 2. The zero-order valence-electron chi connectivity index (χ0n) is 11.2. The average Bonchev–Trinajstić information content (AvgIpc) is 2.83. The molecule has 1 amide bonds. The Morgan fingerprint density at radius 3 is 2.95 bits per heavy atom. The standard InChI is InChI=1S/C13H15FN4O2/c1-3-5-15-12-11(14)9(4-6-16-12)13(19)17-10-7-8(2)18-20-10/h4,6-7H,3,5H2,1-2H3,(H,15,16)(H,17,19). The Labute approximate surface area is 115 Å². The fourth-order valence-electron chi connectivity index (χ4n) is 1.59. The van der Waals surface area contributed by atoms with Crippen molar-refractivity contribution in [1.82, 2.24) is 10.1 Å². The van der Waals surface area contributed by atoms with Crippen LogP contribution in [-0.2, 0) is 0 Å². The Kier molecular flexibility index (Phi) is 4.29. The lowest BCUT2D eigenvalue weighted by Gasteiger charge is -2.08. The topological polar surface area (TPSA) is 80.0 Å². The summed E-state index contributed by atoms with van der Waals surface area (Å²) in [6.45, 7) is 4.25. The van der Waals surface area contributed by atoms with Crippen molar-refractivity contribution in [2.75, 3.05) is 17.2 Å². The number of pyridine rings is 1. The van der Waals surface area contributed by atoms with Crippen LogP contribution in [0.2, 0.25) is 0 Å². The molecule has 0 aliphatic carbocycles. The lowest BCUT2D eigenvalue weighted by Crippen LogP contribution is -2.15. The van der Waals surface area contributed by atoms with E-state index in [1.807, 2.05) is 6.92 Å². The van der Waals surface area contributed by atoms with Crippen molar-refractivity contribution >= 4 is 17.6 Å². The van der Waals surface area contributed by atoms with E-state index >= 15 is 0 Å². The Balaban J connectivity index is 2.17. The number of amides is 1. The minimum absolute atomic E-state index is 0.0632. The molecule has 2 heterocycles. The molecule has 0 atom stereocenters. The highest BCUT2D eigenvalue weighted by Crippen LogP contribution is 2.17. The largest absolute Gasteiger partial charge is 0.368 e. The summed E-state index contributed by atoms with van der Waals surface area (Å²) in [7, 11) is 0. The van der Waals surface area contributed by atoms with Crippen molar-refractivity contribution < 1.29 is 13.7 Å². The quantitative estimate of drug-likeness (QED) is 0.878. The van der Waals surface area contributed by atoms with Crippen LogP contribution in [0, 0.1) is 12.7 Å². The number of hydrogen-bond donors (Lipinski definition) is 2. The maximum atomic E-state index is 14.1. The van der Waals surface area contributed by atoms with Gasteiger partial charge in [-0.3, -0.25) is 10.1 Å². The number of rotatable bonds is 5. The molecule has 0 bridgehead atoms. The van der Waals surface area contributed by atoms with Crippen LogP contribution in [0.15, 0.2) is 22.9 Å². The first kappa shape index (κ1) is 14.0. The Morgan fingerprint density at radius 1 is 1.50 bits per heavy atom. The van der Waals surface area contributed by atoms with Crippen LogP contribution in [-0.4, -0.2) is 22.6 Å². The second-order valence-corrected chi connectivity index (χ2v) is 4.23. The number of nitrogens with one attached hydrogen (secondary N) is 2. The average molecular weight is 278 g/mol. The summed E-state index contributed by atoms with van der Waals surface area (Å²) in [5.74, 6) is -1.06. The minimum Gasteiger partial charge on any atom is -0.368 e. The monoisotopic (exact) mass is 278 g/mol. The van der Waals surface area contributed by atoms with E-state index in [4.69, 9.17) is 4.52 Å². The lowest BCUT2D eigenvalue weighted by atomic mass is 10.2. The summed E-state index contributed by atoms with van der Waals surface area (Å²) in [6, 6.07) is 2.86. The molecule has 0 spiro atoms. The van der Waals surface area contributed by atoms with Gasteiger partial charge in [-0.2, -0.15) is 0 Å². The summed E-state index contributed by atoms with van der Waals surface area (Å²) >= 11 is 0. The number of anilines is 2. The van der Waals surface area contributed by atoms with Gasteiger partial charge in [-0.1, -0.05) is 12.1 Å². The molecule has 106 valence electrons. The molecule has 20 heavy (non-hydrogen) atoms. The molecular formula is C13H15FN4O2. The second kappa shape index (κ2) is 6.14. The number of carbonyl (C=O) groups excluding carboxylic acids is 1. The second-order valence-electron chi connectivity index (χ2n) is 4.23. The third-order valence-electron chi connectivity index (χ3n) is 2.54. The van der Waals surface area contributed by atoms with Gasteiger partial charge in [0, 0.05) is 18.8 Å². The molecule has 2 rings (SSSR count). The molecule has 0 unspecified atom stereocenters. The molecule has 0 radical (unpaired) electrons. The summed E-state index contributed by atoms with van der Waals surface area (Å²) in [6.07, 6.45) is 2.20. The molecule has 7 heteroatoms. The molecule has 0 aromatic carbocycles. The number of carbonyl (C=O) groups is 1. The molecule has 2 aromatic heterocycles. The van der Waals surface area contributed by atoms with E-state index in [0.29, 0.717) is 12.2 Å². The van der Waals surface area contributed by atoms with E-state index in [1.54, 1.807) is 13.0 Å². The van der Waals surface area contributed by atoms with E-state index in [1.165, 1.54) is 12.3 Å². The maximum absolute atomic E-state index is 14.1. The summed E-state index contributed by atoms with van der Waals surface area (Å²) < 4.78 is 19.0. The predicted octanol–water partition coefficient (Wildman–Crippen LogP) is 2.59.